The maximum absolute atomic E-state index is 12.5. The topological polar surface area (TPSA) is 186 Å². The molecule has 0 spiro atoms. The number of amides is 1. The van der Waals surface area contributed by atoms with Crippen molar-refractivity contribution in [2.75, 3.05) is 17.7 Å². The summed E-state index contributed by atoms with van der Waals surface area (Å²) in [5, 5.41) is 32.8. The number of nitrogens with zero attached hydrogens (tertiary/aromatic N) is 4. The molecular weight excluding hydrogens is 608 g/mol. The molecule has 2 aromatic heterocycles. The highest BCUT2D eigenvalue weighted by Crippen LogP contribution is 2.34. The number of carboxylic acid groups (broad SMARTS) is 1. The molecule has 0 saturated carbocycles. The number of aliphatic hydroxyl groups excluding tert-OH is 1. The Kier molecular flexibility index (Phi) is 11.0. The van der Waals surface area contributed by atoms with Gasteiger partial charge in [-0.25, -0.2) is 23.2 Å². The summed E-state index contributed by atoms with van der Waals surface area (Å²) in [4.78, 5) is 31.4. The summed E-state index contributed by atoms with van der Waals surface area (Å²) < 4.78 is 25.8. The molecule has 1 amide bonds. The maximum Gasteiger partial charge on any atom is 0.339 e. The van der Waals surface area contributed by atoms with E-state index in [0.717, 1.165) is 15.6 Å². The molecule has 0 aliphatic carbocycles. The van der Waals surface area contributed by atoms with Gasteiger partial charge in [-0.1, -0.05) is 35.9 Å². The molecule has 0 unspecified atom stereocenters. The van der Waals surface area contributed by atoms with Gasteiger partial charge < -0.3 is 20.8 Å². The highest BCUT2D eigenvalue weighted by Gasteiger charge is 2.37. The fourth-order valence-corrected chi connectivity index (χ4v) is 5.41. The summed E-state index contributed by atoms with van der Waals surface area (Å²) in [5.74, 6) is -1.63. The SMILES string of the molecule is CC#N.CN1C(C(=O)Nc2ccccn2)=C(O)c2ccccc2S1(=O)=O.Cc1c(Cl)cccc1Nc1ncccc1C(=O)O. The molecule has 2 aromatic carbocycles. The van der Waals surface area contributed by atoms with Crippen LogP contribution in [0.25, 0.3) is 5.76 Å². The molecule has 0 atom stereocenters. The number of aromatic nitrogens is 2. The Morgan fingerprint density at radius 1 is 0.977 bits per heavy atom. The van der Waals surface area contributed by atoms with Gasteiger partial charge in [-0.05, 0) is 61.0 Å². The minimum Gasteiger partial charge on any atom is -0.505 e. The number of carbonyl (C=O) groups is 2. The van der Waals surface area contributed by atoms with E-state index in [1.807, 2.05) is 13.0 Å². The number of fused-ring (bicyclic) bond motifs is 1. The second kappa shape index (κ2) is 14.6. The van der Waals surface area contributed by atoms with Crippen LogP contribution in [0.3, 0.4) is 0 Å². The lowest BCUT2D eigenvalue weighted by Crippen LogP contribution is -2.37. The molecule has 0 fully saturated rings. The van der Waals surface area contributed by atoms with Crippen LogP contribution in [0.4, 0.5) is 17.3 Å². The van der Waals surface area contributed by atoms with Gasteiger partial charge >= 0.3 is 5.97 Å². The number of aromatic carboxylic acids is 1. The van der Waals surface area contributed by atoms with Crippen molar-refractivity contribution < 1.29 is 28.2 Å². The van der Waals surface area contributed by atoms with Crippen molar-refractivity contribution >= 4 is 56.6 Å². The van der Waals surface area contributed by atoms with Crippen molar-refractivity contribution in [3.8, 4) is 6.07 Å². The second-order valence-corrected chi connectivity index (χ2v) is 11.1. The number of carbonyl (C=O) groups excluding carboxylic acids is 1. The van der Waals surface area contributed by atoms with E-state index >= 15 is 0 Å². The van der Waals surface area contributed by atoms with Crippen molar-refractivity contribution in [2.45, 2.75) is 18.7 Å². The van der Waals surface area contributed by atoms with Gasteiger partial charge in [-0.3, -0.25) is 9.10 Å². The van der Waals surface area contributed by atoms with Crippen molar-refractivity contribution in [2.24, 2.45) is 0 Å². The molecule has 5 rings (SSSR count). The van der Waals surface area contributed by atoms with Crippen molar-refractivity contribution in [1.82, 2.24) is 14.3 Å². The fourth-order valence-electron chi connectivity index (χ4n) is 3.84. The van der Waals surface area contributed by atoms with Crippen LogP contribution in [0.5, 0.6) is 0 Å². The first-order chi connectivity index (χ1) is 20.9. The summed E-state index contributed by atoms with van der Waals surface area (Å²) in [6, 6.07) is 21.1. The fraction of sp³-hybridized carbons (Fsp3) is 0.100. The van der Waals surface area contributed by atoms with Gasteiger partial charge in [-0.15, -0.1) is 0 Å². The first-order valence-electron chi connectivity index (χ1n) is 12.7. The van der Waals surface area contributed by atoms with Gasteiger partial charge in [0.1, 0.15) is 17.2 Å². The highest BCUT2D eigenvalue weighted by atomic mass is 35.5. The zero-order chi connectivity index (χ0) is 32.4. The molecule has 1 aliphatic heterocycles. The lowest BCUT2D eigenvalue weighted by molar-refractivity contribution is -0.113. The standard InChI is InChI=1S/C15H13N3O4S.C13H11ClN2O2.C2H3N/c1-18-13(15(20)17-12-8-4-5-9-16-12)14(19)10-6-2-3-7-11(10)23(18,21)22;1-8-10(14)5-2-6-11(8)16-12-9(13(17)18)4-3-7-15-12;1-2-3/h2-9,19H,1H3,(H,16,17,20);2-7H,1H3,(H,15,16)(H,17,18);1H3. The van der Waals surface area contributed by atoms with Crippen molar-refractivity contribution in [3.05, 3.63) is 113 Å². The van der Waals surface area contributed by atoms with Gasteiger partial charge in [-0.2, -0.15) is 5.26 Å². The lowest BCUT2D eigenvalue weighted by Gasteiger charge is -2.28. The number of pyridine rings is 2. The van der Waals surface area contributed by atoms with Crippen LogP contribution in [-0.4, -0.2) is 51.8 Å². The zero-order valence-corrected chi connectivity index (χ0v) is 25.3. The number of aliphatic hydroxyl groups is 1. The second-order valence-electron chi connectivity index (χ2n) is 8.80. The van der Waals surface area contributed by atoms with Gasteiger partial charge in [0.25, 0.3) is 15.9 Å². The first kappa shape index (κ1) is 33.1. The molecule has 1 aliphatic rings. The molecule has 4 N–H and O–H groups in total. The molecule has 226 valence electrons. The molecular formula is C30H27ClN6O6S. The third-order valence-corrected chi connectivity index (χ3v) is 8.23. The number of nitrogens with one attached hydrogen (secondary N) is 2. The van der Waals surface area contributed by atoms with Crippen LogP contribution in [0.2, 0.25) is 5.02 Å². The number of rotatable bonds is 5. The number of hydrogen-bond donors (Lipinski definition) is 4. The van der Waals surface area contributed by atoms with Crippen LogP contribution < -0.4 is 10.6 Å². The maximum atomic E-state index is 12.5. The summed E-state index contributed by atoms with van der Waals surface area (Å²) >= 11 is 6.01. The molecule has 4 aromatic rings. The lowest BCUT2D eigenvalue weighted by atomic mass is 10.1. The van der Waals surface area contributed by atoms with Crippen LogP contribution in [0.15, 0.2) is 95.8 Å². The van der Waals surface area contributed by atoms with Gasteiger partial charge in [0.2, 0.25) is 0 Å². The molecule has 44 heavy (non-hydrogen) atoms. The summed E-state index contributed by atoms with van der Waals surface area (Å²) in [6.07, 6.45) is 3.02. The van der Waals surface area contributed by atoms with E-state index in [2.05, 4.69) is 20.6 Å². The van der Waals surface area contributed by atoms with E-state index in [1.165, 1.54) is 44.6 Å². The molecule has 3 heterocycles. The Morgan fingerprint density at radius 2 is 1.64 bits per heavy atom. The third kappa shape index (κ3) is 7.49. The van der Waals surface area contributed by atoms with Crippen LogP contribution in [0.1, 0.15) is 28.4 Å². The Hall–Kier alpha value is -5.45. The van der Waals surface area contributed by atoms with E-state index in [9.17, 15) is 23.1 Å². The van der Waals surface area contributed by atoms with Gasteiger partial charge in [0.05, 0.1) is 11.0 Å². The average Bonchev–Trinajstić information content (AvgIpc) is 3.00. The number of benzene rings is 2. The van der Waals surface area contributed by atoms with E-state index in [0.29, 0.717) is 10.8 Å². The third-order valence-electron chi connectivity index (χ3n) is 6.00. The highest BCUT2D eigenvalue weighted by molar-refractivity contribution is 7.89. The van der Waals surface area contributed by atoms with E-state index in [1.54, 1.807) is 54.6 Å². The number of carboxylic acids is 1. The summed E-state index contributed by atoms with van der Waals surface area (Å²) in [5.41, 5.74) is 1.45. The van der Waals surface area contributed by atoms with E-state index < -0.39 is 27.7 Å². The zero-order valence-electron chi connectivity index (χ0n) is 23.7. The van der Waals surface area contributed by atoms with Crippen molar-refractivity contribution in [3.63, 3.8) is 0 Å². The van der Waals surface area contributed by atoms with Gasteiger partial charge in [0.15, 0.2) is 11.5 Å². The number of anilines is 3. The summed E-state index contributed by atoms with van der Waals surface area (Å²) in [6.45, 7) is 3.29. The average molecular weight is 635 g/mol. The summed E-state index contributed by atoms with van der Waals surface area (Å²) in [7, 11) is -2.69. The quantitative estimate of drug-likeness (QED) is 0.215. The number of sulfonamides is 1. The number of nitriles is 1. The normalized spacial score (nSPS) is 12.7. The predicted octanol–water partition coefficient (Wildman–Crippen LogP) is 5.60. The largest absolute Gasteiger partial charge is 0.505 e. The molecule has 0 bridgehead atoms. The molecule has 14 heteroatoms. The van der Waals surface area contributed by atoms with E-state index in [4.69, 9.17) is 22.0 Å². The smallest absolute Gasteiger partial charge is 0.339 e. The Morgan fingerprint density at radius 3 is 2.30 bits per heavy atom. The minimum atomic E-state index is -3.91. The Balaban J connectivity index is 0.000000227. The molecule has 0 radical (unpaired) electrons. The Labute approximate surface area is 259 Å². The van der Waals surface area contributed by atoms with Gasteiger partial charge in [0, 0.05) is 42.6 Å². The minimum absolute atomic E-state index is 0.0469. The van der Waals surface area contributed by atoms with Crippen molar-refractivity contribution in [1.29, 1.82) is 5.26 Å². The van der Waals surface area contributed by atoms with Crippen LogP contribution in [0, 0.1) is 18.3 Å². The molecule has 0 saturated heterocycles. The molecule has 12 nitrogen and oxygen atoms in total. The van der Waals surface area contributed by atoms with E-state index in [-0.39, 0.29) is 27.5 Å². The first-order valence-corrected chi connectivity index (χ1v) is 14.5. The number of hydrogen-bond acceptors (Lipinski definition) is 9. The predicted molar refractivity (Wildman–Crippen MR) is 166 cm³/mol. The number of likely N-dealkylation sites (N-methyl/N-ethyl adjacent to an activating group) is 1. The van der Waals surface area contributed by atoms with Crippen LogP contribution >= 0.6 is 11.6 Å². The Bertz CT molecular complexity index is 1860. The number of halogens is 1. The van der Waals surface area contributed by atoms with Crippen LogP contribution in [-0.2, 0) is 14.8 Å². The monoisotopic (exact) mass is 634 g/mol.